The summed E-state index contributed by atoms with van der Waals surface area (Å²) in [6, 6.07) is 0. The molecule has 1 nitrogen and oxygen atoms in total. The van der Waals surface area contributed by atoms with Crippen LogP contribution < -0.4 is 0 Å². The molecule has 0 fully saturated rings. The van der Waals surface area contributed by atoms with Crippen LogP contribution in [-0.4, -0.2) is 31.1 Å². The maximum absolute atomic E-state index is 12.1. The van der Waals surface area contributed by atoms with E-state index in [0.717, 1.165) is 0 Å². The van der Waals surface area contributed by atoms with Crippen LogP contribution in [0.2, 0.25) is 0 Å². The van der Waals surface area contributed by atoms with Crippen LogP contribution in [0.5, 0.6) is 0 Å². The highest BCUT2D eigenvalue weighted by Crippen LogP contribution is 2.35. The van der Waals surface area contributed by atoms with E-state index in [2.05, 4.69) is 17.4 Å². The largest absolute Gasteiger partial charge is 0.455 e. The Kier molecular flexibility index (Phi) is 4.98. The van der Waals surface area contributed by atoms with E-state index in [9.17, 15) is 22.0 Å². The van der Waals surface area contributed by atoms with Gasteiger partial charge in [-0.2, -0.15) is 34.6 Å². The van der Waals surface area contributed by atoms with Gasteiger partial charge >= 0.3 is 12.1 Å². The fourth-order valence-corrected chi connectivity index (χ4v) is 0.578. The number of halogens is 5. The molecule has 0 spiro atoms. The Balaban J connectivity index is 3.77. The van der Waals surface area contributed by atoms with E-state index in [1.54, 1.807) is 0 Å². The lowest BCUT2D eigenvalue weighted by Gasteiger charge is -2.19. The number of rotatable bonds is 5. The summed E-state index contributed by atoms with van der Waals surface area (Å²) < 4.78 is 62.8. The van der Waals surface area contributed by atoms with Gasteiger partial charge in [0.2, 0.25) is 0 Å². The molecule has 0 N–H and O–H groups in total. The van der Waals surface area contributed by atoms with E-state index in [1.165, 1.54) is 0 Å². The molecular formula is C6H9F5OS. The molecule has 0 aliphatic heterocycles. The van der Waals surface area contributed by atoms with Gasteiger partial charge in [-0.3, -0.25) is 0 Å². The number of thiol groups is 1. The molecule has 0 unspecified atom stereocenters. The van der Waals surface area contributed by atoms with Crippen molar-refractivity contribution in [2.75, 3.05) is 19.0 Å². The van der Waals surface area contributed by atoms with Crippen LogP contribution in [0, 0.1) is 0 Å². The van der Waals surface area contributed by atoms with Crippen LogP contribution in [0.3, 0.4) is 0 Å². The molecular weight excluding hydrogens is 215 g/mol. The Morgan fingerprint density at radius 3 is 2.00 bits per heavy atom. The molecule has 0 heterocycles. The van der Waals surface area contributed by atoms with Gasteiger partial charge < -0.3 is 4.74 Å². The lowest BCUT2D eigenvalue weighted by molar-refractivity contribution is -0.296. The zero-order chi connectivity index (χ0) is 10.5. The minimum absolute atomic E-state index is 0.144. The minimum Gasteiger partial charge on any atom is -0.375 e. The second-order valence-corrected chi connectivity index (χ2v) is 2.78. The van der Waals surface area contributed by atoms with Crippen LogP contribution in [0.25, 0.3) is 0 Å². The van der Waals surface area contributed by atoms with Crippen molar-refractivity contribution in [3.05, 3.63) is 0 Å². The molecule has 0 amide bonds. The summed E-state index contributed by atoms with van der Waals surface area (Å²) >= 11 is 3.73. The van der Waals surface area contributed by atoms with Gasteiger partial charge in [-0.05, 0) is 12.2 Å². The SMILES string of the molecule is FC(F)(F)C(F)(F)COCCCS. The smallest absolute Gasteiger partial charge is 0.375 e. The normalized spacial score (nSPS) is 13.4. The second kappa shape index (κ2) is 4.99. The molecule has 0 atom stereocenters. The molecule has 13 heavy (non-hydrogen) atoms. The Hall–Kier alpha value is -0.0400. The first-order valence-corrected chi connectivity index (χ1v) is 4.07. The molecule has 0 aliphatic carbocycles. The van der Waals surface area contributed by atoms with Crippen molar-refractivity contribution >= 4 is 12.6 Å². The zero-order valence-electron chi connectivity index (χ0n) is 6.57. The van der Waals surface area contributed by atoms with Gasteiger partial charge in [-0.15, -0.1) is 0 Å². The first-order chi connectivity index (χ1) is 5.81. The summed E-state index contributed by atoms with van der Waals surface area (Å²) in [5, 5.41) is 0. The van der Waals surface area contributed by atoms with Crippen LogP contribution in [0.4, 0.5) is 22.0 Å². The average molecular weight is 224 g/mol. The monoisotopic (exact) mass is 224 g/mol. The van der Waals surface area contributed by atoms with E-state index in [-0.39, 0.29) is 6.61 Å². The maximum atomic E-state index is 12.1. The highest BCUT2D eigenvalue weighted by Gasteiger charge is 2.57. The Bertz CT molecular complexity index is 146. The van der Waals surface area contributed by atoms with Crippen LogP contribution in [0.15, 0.2) is 0 Å². The van der Waals surface area contributed by atoms with Gasteiger partial charge in [-0.25, -0.2) is 0 Å². The third-order valence-corrected chi connectivity index (χ3v) is 1.46. The standard InChI is InChI=1S/C6H9F5OS/c7-5(8,6(9,10)11)4-12-2-1-3-13/h13H,1-4H2. The van der Waals surface area contributed by atoms with Crippen molar-refractivity contribution in [2.24, 2.45) is 0 Å². The first kappa shape index (κ1) is 13.0. The summed E-state index contributed by atoms with van der Waals surface area (Å²) in [6.07, 6.45) is -5.19. The molecule has 0 aliphatic rings. The molecule has 0 aromatic heterocycles. The van der Waals surface area contributed by atoms with Crippen molar-refractivity contribution in [1.29, 1.82) is 0 Å². The van der Waals surface area contributed by atoms with Gasteiger partial charge in [-0.1, -0.05) is 0 Å². The van der Waals surface area contributed by atoms with Crippen LogP contribution in [-0.2, 0) is 4.74 Å². The van der Waals surface area contributed by atoms with Crippen molar-refractivity contribution in [1.82, 2.24) is 0 Å². The Morgan fingerprint density at radius 2 is 1.62 bits per heavy atom. The van der Waals surface area contributed by atoms with Gasteiger partial charge in [0.15, 0.2) is 0 Å². The summed E-state index contributed by atoms with van der Waals surface area (Å²) in [5.41, 5.74) is 0. The van der Waals surface area contributed by atoms with Crippen molar-refractivity contribution in [3.8, 4) is 0 Å². The Labute approximate surface area is 77.7 Å². The highest BCUT2D eigenvalue weighted by atomic mass is 32.1. The number of hydrogen-bond acceptors (Lipinski definition) is 2. The molecule has 0 saturated heterocycles. The minimum atomic E-state index is -5.53. The zero-order valence-corrected chi connectivity index (χ0v) is 7.47. The average Bonchev–Trinajstić information content (AvgIpc) is 1.96. The summed E-state index contributed by atoms with van der Waals surface area (Å²) in [7, 11) is 0. The molecule has 7 heteroatoms. The lowest BCUT2D eigenvalue weighted by Crippen LogP contribution is -2.40. The molecule has 0 radical (unpaired) electrons. The fraction of sp³-hybridized carbons (Fsp3) is 1.00. The van der Waals surface area contributed by atoms with Gasteiger partial charge in [0, 0.05) is 6.61 Å². The highest BCUT2D eigenvalue weighted by molar-refractivity contribution is 7.80. The quantitative estimate of drug-likeness (QED) is 0.429. The third-order valence-electron chi connectivity index (χ3n) is 1.14. The number of ether oxygens (including phenoxy) is 1. The third kappa shape index (κ3) is 4.66. The van der Waals surface area contributed by atoms with E-state index < -0.39 is 18.7 Å². The predicted molar refractivity (Wildman–Crippen MR) is 40.3 cm³/mol. The number of hydrogen-bond donors (Lipinski definition) is 1. The Morgan fingerprint density at radius 1 is 1.08 bits per heavy atom. The fourth-order valence-electron chi connectivity index (χ4n) is 0.449. The number of alkyl halides is 5. The molecule has 0 aromatic rings. The predicted octanol–water partition coefficient (Wildman–Crippen LogP) is 2.52. The van der Waals surface area contributed by atoms with E-state index in [4.69, 9.17) is 0 Å². The molecule has 80 valence electrons. The summed E-state index contributed by atoms with van der Waals surface area (Å²) in [6.45, 7) is -1.76. The molecule has 0 bridgehead atoms. The maximum Gasteiger partial charge on any atom is 0.455 e. The van der Waals surface area contributed by atoms with Gasteiger partial charge in [0.25, 0.3) is 0 Å². The van der Waals surface area contributed by atoms with Crippen LogP contribution in [0.1, 0.15) is 6.42 Å². The molecule has 0 aromatic carbocycles. The van der Waals surface area contributed by atoms with Gasteiger partial charge in [0.05, 0.1) is 0 Å². The van der Waals surface area contributed by atoms with Crippen molar-refractivity contribution in [3.63, 3.8) is 0 Å². The summed E-state index contributed by atoms with van der Waals surface area (Å²) in [5.74, 6) is -4.37. The van der Waals surface area contributed by atoms with Crippen molar-refractivity contribution in [2.45, 2.75) is 18.5 Å². The lowest BCUT2D eigenvalue weighted by atomic mass is 10.3. The molecule has 0 rings (SSSR count). The summed E-state index contributed by atoms with van der Waals surface area (Å²) in [4.78, 5) is 0. The first-order valence-electron chi connectivity index (χ1n) is 3.44. The van der Waals surface area contributed by atoms with E-state index in [0.29, 0.717) is 12.2 Å². The second-order valence-electron chi connectivity index (χ2n) is 2.33. The van der Waals surface area contributed by atoms with Crippen molar-refractivity contribution < 1.29 is 26.7 Å². The molecule has 0 saturated carbocycles. The van der Waals surface area contributed by atoms with E-state index in [1.807, 2.05) is 0 Å². The van der Waals surface area contributed by atoms with Gasteiger partial charge in [0.1, 0.15) is 6.61 Å². The van der Waals surface area contributed by atoms with E-state index >= 15 is 0 Å². The topological polar surface area (TPSA) is 9.23 Å². The van der Waals surface area contributed by atoms with Crippen LogP contribution >= 0.6 is 12.6 Å².